The van der Waals surface area contributed by atoms with Crippen LogP contribution in [0.15, 0.2) is 53.1 Å². The van der Waals surface area contributed by atoms with E-state index in [1.165, 1.54) is 37.3 Å². The molecular weight excluding hydrogens is 391 g/mol. The summed E-state index contributed by atoms with van der Waals surface area (Å²) in [6.07, 6.45) is -1.08. The van der Waals surface area contributed by atoms with E-state index >= 15 is 0 Å². The summed E-state index contributed by atoms with van der Waals surface area (Å²) >= 11 is 0. The Morgan fingerprint density at radius 1 is 1.17 bits per heavy atom. The molecular formula is C22H21FN2O5. The molecule has 0 unspecified atom stereocenters. The fourth-order valence-corrected chi connectivity index (χ4v) is 2.67. The Bertz CT molecular complexity index is 1040. The van der Waals surface area contributed by atoms with Gasteiger partial charge in [0.2, 0.25) is 0 Å². The third-order valence-corrected chi connectivity index (χ3v) is 4.38. The van der Waals surface area contributed by atoms with Crippen molar-refractivity contribution in [2.75, 3.05) is 5.32 Å². The summed E-state index contributed by atoms with van der Waals surface area (Å²) in [6.45, 7) is 5.29. The van der Waals surface area contributed by atoms with Crippen molar-refractivity contribution in [2.24, 2.45) is 0 Å². The van der Waals surface area contributed by atoms with E-state index in [0.29, 0.717) is 11.5 Å². The maximum Gasteiger partial charge on any atom is 0.339 e. The van der Waals surface area contributed by atoms with Crippen LogP contribution in [0, 0.1) is 19.7 Å². The van der Waals surface area contributed by atoms with Crippen molar-refractivity contribution in [1.29, 1.82) is 0 Å². The molecule has 0 fully saturated rings. The molecule has 2 aromatic carbocycles. The Morgan fingerprint density at radius 2 is 1.93 bits per heavy atom. The number of nitrogens with zero attached hydrogens (tertiary/aromatic N) is 1. The Hall–Kier alpha value is -3.68. The molecule has 0 aliphatic heterocycles. The highest BCUT2D eigenvalue weighted by Crippen LogP contribution is 2.19. The summed E-state index contributed by atoms with van der Waals surface area (Å²) in [6, 6.07) is 11.9. The normalized spacial score (nSPS) is 11.6. The summed E-state index contributed by atoms with van der Waals surface area (Å²) in [7, 11) is 0. The third kappa shape index (κ3) is 5.22. The standard InChI is InChI=1S/C22H21FN2O5/c1-13-20(14(2)30-25-13)12-28-19-9-4-6-16(10-19)22(27)29-15(3)21(26)24-18-8-5-7-17(23)11-18/h4-11,15H,12H2,1-3H3,(H,24,26)/t15-/m1/s1. The van der Waals surface area contributed by atoms with Gasteiger partial charge in [0.15, 0.2) is 6.10 Å². The molecule has 0 saturated heterocycles. The number of benzene rings is 2. The van der Waals surface area contributed by atoms with Crippen LogP contribution in [-0.2, 0) is 16.1 Å². The summed E-state index contributed by atoms with van der Waals surface area (Å²) < 4.78 is 29.3. The highest BCUT2D eigenvalue weighted by Gasteiger charge is 2.20. The largest absolute Gasteiger partial charge is 0.489 e. The topological polar surface area (TPSA) is 90.7 Å². The van der Waals surface area contributed by atoms with Gasteiger partial charge in [-0.2, -0.15) is 0 Å². The van der Waals surface area contributed by atoms with E-state index in [0.717, 1.165) is 11.3 Å². The predicted octanol–water partition coefficient (Wildman–Crippen LogP) is 4.19. The van der Waals surface area contributed by atoms with Gasteiger partial charge in [0.25, 0.3) is 5.91 Å². The number of hydrogen-bond acceptors (Lipinski definition) is 6. The molecule has 1 N–H and O–H groups in total. The van der Waals surface area contributed by atoms with E-state index < -0.39 is 23.8 Å². The molecule has 0 spiro atoms. The van der Waals surface area contributed by atoms with Crippen molar-refractivity contribution in [1.82, 2.24) is 5.16 Å². The van der Waals surface area contributed by atoms with Crippen LogP contribution in [0.25, 0.3) is 0 Å². The Kier molecular flexibility index (Phi) is 6.46. The molecule has 30 heavy (non-hydrogen) atoms. The number of ether oxygens (including phenoxy) is 2. The number of aromatic nitrogens is 1. The molecule has 7 nitrogen and oxygen atoms in total. The third-order valence-electron chi connectivity index (χ3n) is 4.38. The minimum absolute atomic E-state index is 0.233. The van der Waals surface area contributed by atoms with Gasteiger partial charge in [-0.1, -0.05) is 17.3 Å². The van der Waals surface area contributed by atoms with Gasteiger partial charge in [-0.15, -0.1) is 0 Å². The van der Waals surface area contributed by atoms with Crippen molar-refractivity contribution in [3.05, 3.63) is 76.9 Å². The number of aryl methyl sites for hydroxylation is 2. The van der Waals surface area contributed by atoms with Gasteiger partial charge >= 0.3 is 5.97 Å². The summed E-state index contributed by atoms with van der Waals surface area (Å²) in [5.41, 5.74) is 2.08. The molecule has 1 atom stereocenters. The van der Waals surface area contributed by atoms with E-state index in [1.807, 2.05) is 6.92 Å². The van der Waals surface area contributed by atoms with Gasteiger partial charge < -0.3 is 19.3 Å². The maximum absolute atomic E-state index is 13.2. The van der Waals surface area contributed by atoms with E-state index in [9.17, 15) is 14.0 Å². The van der Waals surface area contributed by atoms with Crippen molar-refractivity contribution < 1.29 is 28.0 Å². The molecule has 3 aromatic rings. The summed E-state index contributed by atoms with van der Waals surface area (Å²) in [5.74, 6) is -0.604. The van der Waals surface area contributed by atoms with Crippen LogP contribution in [0.3, 0.4) is 0 Å². The van der Waals surface area contributed by atoms with Gasteiger partial charge in [0, 0.05) is 5.69 Å². The lowest BCUT2D eigenvalue weighted by atomic mass is 10.2. The van der Waals surface area contributed by atoms with Gasteiger partial charge in [-0.05, 0) is 57.2 Å². The quantitative estimate of drug-likeness (QED) is 0.585. The number of esters is 1. The lowest BCUT2D eigenvalue weighted by molar-refractivity contribution is -0.123. The first-order chi connectivity index (χ1) is 14.3. The average molecular weight is 412 g/mol. The summed E-state index contributed by atoms with van der Waals surface area (Å²) in [4.78, 5) is 24.6. The van der Waals surface area contributed by atoms with E-state index in [4.69, 9.17) is 14.0 Å². The average Bonchev–Trinajstić information content (AvgIpc) is 3.04. The van der Waals surface area contributed by atoms with Crippen LogP contribution >= 0.6 is 0 Å². The maximum atomic E-state index is 13.2. The van der Waals surface area contributed by atoms with Crippen LogP contribution in [0.1, 0.15) is 34.3 Å². The smallest absolute Gasteiger partial charge is 0.339 e. The first kappa shape index (κ1) is 21.0. The molecule has 156 valence electrons. The molecule has 0 aliphatic carbocycles. The second kappa shape index (κ2) is 9.21. The van der Waals surface area contributed by atoms with Gasteiger partial charge in [0.1, 0.15) is 23.9 Å². The lowest BCUT2D eigenvalue weighted by Gasteiger charge is -2.14. The van der Waals surface area contributed by atoms with E-state index in [-0.39, 0.29) is 17.9 Å². The Labute approximate surface area is 172 Å². The SMILES string of the molecule is Cc1noc(C)c1COc1cccc(C(=O)O[C@H](C)C(=O)Nc2cccc(F)c2)c1. The molecule has 0 bridgehead atoms. The first-order valence-corrected chi connectivity index (χ1v) is 9.25. The predicted molar refractivity (Wildman–Crippen MR) is 107 cm³/mol. The van der Waals surface area contributed by atoms with Crippen LogP contribution < -0.4 is 10.1 Å². The number of carbonyl (C=O) groups excluding carboxylic acids is 2. The minimum atomic E-state index is -1.08. The monoisotopic (exact) mass is 412 g/mol. The molecule has 8 heteroatoms. The highest BCUT2D eigenvalue weighted by atomic mass is 19.1. The van der Waals surface area contributed by atoms with Crippen molar-refractivity contribution in [3.63, 3.8) is 0 Å². The van der Waals surface area contributed by atoms with E-state index in [1.54, 1.807) is 25.1 Å². The zero-order chi connectivity index (χ0) is 21.7. The van der Waals surface area contributed by atoms with Gasteiger partial charge in [-0.3, -0.25) is 4.79 Å². The molecule has 0 aliphatic rings. The van der Waals surface area contributed by atoms with Crippen LogP contribution in [0.2, 0.25) is 0 Å². The van der Waals surface area contributed by atoms with Crippen molar-refractivity contribution >= 4 is 17.6 Å². The molecule has 1 amide bonds. The second-order valence-corrected chi connectivity index (χ2v) is 6.67. The number of anilines is 1. The second-order valence-electron chi connectivity index (χ2n) is 6.67. The van der Waals surface area contributed by atoms with Crippen molar-refractivity contribution in [3.8, 4) is 5.75 Å². The van der Waals surface area contributed by atoms with Crippen LogP contribution in [0.5, 0.6) is 5.75 Å². The zero-order valence-corrected chi connectivity index (χ0v) is 16.8. The number of amides is 1. The lowest BCUT2D eigenvalue weighted by Crippen LogP contribution is -2.30. The minimum Gasteiger partial charge on any atom is -0.489 e. The summed E-state index contributed by atoms with van der Waals surface area (Å²) in [5, 5.41) is 6.37. The number of nitrogens with one attached hydrogen (secondary N) is 1. The number of hydrogen-bond donors (Lipinski definition) is 1. The van der Waals surface area contributed by atoms with Gasteiger partial charge in [0.05, 0.1) is 16.8 Å². The molecule has 3 rings (SSSR count). The van der Waals surface area contributed by atoms with Crippen LogP contribution in [0.4, 0.5) is 10.1 Å². The number of rotatable bonds is 7. The number of carbonyl (C=O) groups is 2. The number of halogens is 1. The van der Waals surface area contributed by atoms with E-state index in [2.05, 4.69) is 10.5 Å². The van der Waals surface area contributed by atoms with Crippen molar-refractivity contribution in [2.45, 2.75) is 33.5 Å². The first-order valence-electron chi connectivity index (χ1n) is 9.25. The molecule has 0 radical (unpaired) electrons. The Morgan fingerprint density at radius 3 is 2.63 bits per heavy atom. The highest BCUT2D eigenvalue weighted by molar-refractivity contribution is 5.97. The van der Waals surface area contributed by atoms with Crippen LogP contribution in [-0.4, -0.2) is 23.1 Å². The fraction of sp³-hybridized carbons (Fsp3) is 0.227. The fourth-order valence-electron chi connectivity index (χ4n) is 2.67. The molecule has 0 saturated carbocycles. The Balaban J connectivity index is 1.59. The molecule has 1 heterocycles. The van der Waals surface area contributed by atoms with Gasteiger partial charge in [-0.25, -0.2) is 9.18 Å². The zero-order valence-electron chi connectivity index (χ0n) is 16.8. The molecule has 1 aromatic heterocycles.